The van der Waals surface area contributed by atoms with Gasteiger partial charge in [0, 0.05) is 26.2 Å². The van der Waals surface area contributed by atoms with E-state index in [1.807, 2.05) is 0 Å². The lowest BCUT2D eigenvalue weighted by Crippen LogP contribution is -2.43. The standard InChI is InChI=1S/C7H10ClNO2.C6H11NO/c8-7(10)9-3-5-1-2-6(4-9)11-5;1-2-6-4-7-3-5(1)8-6/h5-6H,1-4H2;5-7H,1-4H2. The van der Waals surface area contributed by atoms with Crippen LogP contribution in [0.2, 0.25) is 0 Å². The number of rotatable bonds is 0. The van der Waals surface area contributed by atoms with E-state index in [1.54, 1.807) is 4.90 Å². The number of halogens is 1. The van der Waals surface area contributed by atoms with Gasteiger partial charge in [0.2, 0.25) is 0 Å². The van der Waals surface area contributed by atoms with Crippen LogP contribution in [0.4, 0.5) is 4.79 Å². The van der Waals surface area contributed by atoms with Crippen LogP contribution in [0.5, 0.6) is 0 Å². The third kappa shape index (κ3) is 3.40. The molecule has 0 aliphatic carbocycles. The number of fused-ring (bicyclic) bond motifs is 4. The molecule has 4 bridgehead atoms. The van der Waals surface area contributed by atoms with Gasteiger partial charge in [-0.05, 0) is 37.3 Å². The van der Waals surface area contributed by atoms with Crippen LogP contribution in [-0.4, -0.2) is 60.9 Å². The average molecular weight is 289 g/mol. The summed E-state index contributed by atoms with van der Waals surface area (Å²) in [7, 11) is 0. The van der Waals surface area contributed by atoms with Crippen LogP contribution >= 0.6 is 11.6 Å². The summed E-state index contributed by atoms with van der Waals surface area (Å²) in [6.45, 7) is 3.52. The van der Waals surface area contributed by atoms with Crippen molar-refractivity contribution < 1.29 is 14.3 Å². The maximum Gasteiger partial charge on any atom is 0.316 e. The zero-order chi connectivity index (χ0) is 13.2. The number of nitrogens with zero attached hydrogens (tertiary/aromatic N) is 1. The highest BCUT2D eigenvalue weighted by atomic mass is 35.5. The lowest BCUT2D eigenvalue weighted by molar-refractivity contribution is -0.0204. The van der Waals surface area contributed by atoms with E-state index in [0.29, 0.717) is 25.3 Å². The van der Waals surface area contributed by atoms with Gasteiger partial charge in [0.05, 0.1) is 24.4 Å². The van der Waals surface area contributed by atoms with E-state index in [1.165, 1.54) is 12.8 Å². The fourth-order valence-corrected chi connectivity index (χ4v) is 3.38. The first-order valence-electron chi connectivity index (χ1n) is 7.17. The number of carbonyl (C=O) groups is 1. The lowest BCUT2D eigenvalue weighted by Gasteiger charge is -2.30. The zero-order valence-electron chi connectivity index (χ0n) is 11.0. The van der Waals surface area contributed by atoms with Crippen LogP contribution in [0.25, 0.3) is 0 Å². The highest BCUT2D eigenvalue weighted by Crippen LogP contribution is 2.26. The Kier molecular flexibility index (Phi) is 4.27. The summed E-state index contributed by atoms with van der Waals surface area (Å²) < 4.78 is 11.1. The first-order chi connectivity index (χ1) is 9.20. The third-order valence-electron chi connectivity index (χ3n) is 4.23. The minimum atomic E-state index is -0.342. The van der Waals surface area contributed by atoms with E-state index >= 15 is 0 Å². The Bertz CT molecular complexity index is 316. The van der Waals surface area contributed by atoms with Crippen molar-refractivity contribution in [3.05, 3.63) is 0 Å². The van der Waals surface area contributed by atoms with Crippen molar-refractivity contribution in [1.82, 2.24) is 10.2 Å². The van der Waals surface area contributed by atoms with Gasteiger partial charge in [0.1, 0.15) is 0 Å². The molecule has 0 aromatic rings. The molecule has 4 rings (SSSR count). The summed E-state index contributed by atoms with van der Waals surface area (Å²) in [5.74, 6) is 0. The van der Waals surface area contributed by atoms with Crippen molar-refractivity contribution in [2.45, 2.75) is 50.1 Å². The first-order valence-corrected chi connectivity index (χ1v) is 7.54. The van der Waals surface area contributed by atoms with Gasteiger partial charge in [-0.3, -0.25) is 4.79 Å². The second-order valence-corrected chi connectivity index (χ2v) is 6.05. The number of amides is 1. The molecule has 1 N–H and O–H groups in total. The smallest absolute Gasteiger partial charge is 0.316 e. The van der Waals surface area contributed by atoms with Crippen LogP contribution in [0.3, 0.4) is 0 Å². The predicted molar refractivity (Wildman–Crippen MR) is 71.5 cm³/mol. The van der Waals surface area contributed by atoms with Gasteiger partial charge in [-0.1, -0.05) is 0 Å². The molecular weight excluding hydrogens is 268 g/mol. The second kappa shape index (κ2) is 5.95. The van der Waals surface area contributed by atoms with Gasteiger partial charge in [0.15, 0.2) is 0 Å². The molecule has 0 aromatic carbocycles. The summed E-state index contributed by atoms with van der Waals surface area (Å²) in [4.78, 5) is 12.4. The summed E-state index contributed by atoms with van der Waals surface area (Å²) in [5.41, 5.74) is 0. The third-order valence-corrected chi connectivity index (χ3v) is 4.47. The average Bonchev–Trinajstić information content (AvgIpc) is 2.92. The Morgan fingerprint density at radius 1 is 0.947 bits per heavy atom. The minimum Gasteiger partial charge on any atom is -0.372 e. The van der Waals surface area contributed by atoms with Gasteiger partial charge in [-0.25, -0.2) is 0 Å². The van der Waals surface area contributed by atoms with Crippen molar-refractivity contribution in [1.29, 1.82) is 0 Å². The molecule has 0 saturated carbocycles. The van der Waals surface area contributed by atoms with Crippen LogP contribution in [0.1, 0.15) is 25.7 Å². The molecular formula is C13H21ClN2O3. The van der Waals surface area contributed by atoms with E-state index in [9.17, 15) is 4.79 Å². The van der Waals surface area contributed by atoms with Gasteiger partial charge >= 0.3 is 5.37 Å². The molecule has 1 amide bonds. The second-order valence-electron chi connectivity index (χ2n) is 5.73. The summed E-state index contributed by atoms with van der Waals surface area (Å²) >= 11 is 5.35. The van der Waals surface area contributed by atoms with E-state index in [4.69, 9.17) is 21.1 Å². The Morgan fingerprint density at radius 2 is 1.42 bits per heavy atom. The van der Waals surface area contributed by atoms with Gasteiger partial charge in [-0.2, -0.15) is 0 Å². The van der Waals surface area contributed by atoms with Crippen LogP contribution < -0.4 is 5.32 Å². The quantitative estimate of drug-likeness (QED) is 0.540. The molecule has 6 heteroatoms. The van der Waals surface area contributed by atoms with Crippen molar-refractivity contribution in [2.75, 3.05) is 26.2 Å². The van der Waals surface area contributed by atoms with Crippen molar-refractivity contribution in [3.8, 4) is 0 Å². The largest absolute Gasteiger partial charge is 0.372 e. The highest BCUT2D eigenvalue weighted by Gasteiger charge is 2.35. The fourth-order valence-electron chi connectivity index (χ4n) is 3.24. The maximum absolute atomic E-state index is 10.8. The van der Waals surface area contributed by atoms with Crippen LogP contribution in [0.15, 0.2) is 0 Å². The molecule has 4 atom stereocenters. The summed E-state index contributed by atoms with van der Waals surface area (Å²) in [6.07, 6.45) is 6.29. The SMILES string of the molecule is C1CC2CNCC1O2.O=C(Cl)N1CC2CCC(C1)O2. The van der Waals surface area contributed by atoms with Gasteiger partial charge in [0.25, 0.3) is 0 Å². The van der Waals surface area contributed by atoms with Crippen molar-refractivity contribution >= 4 is 17.0 Å². The minimum absolute atomic E-state index is 0.247. The van der Waals surface area contributed by atoms with Gasteiger partial charge < -0.3 is 19.7 Å². The number of hydrogen-bond donors (Lipinski definition) is 1. The summed E-state index contributed by atoms with van der Waals surface area (Å²) in [6, 6.07) is 0. The zero-order valence-corrected chi connectivity index (χ0v) is 11.8. The number of carbonyl (C=O) groups excluding carboxylic acids is 1. The maximum atomic E-state index is 10.8. The van der Waals surface area contributed by atoms with Crippen molar-refractivity contribution in [3.63, 3.8) is 0 Å². The number of likely N-dealkylation sites (tertiary alicyclic amines) is 1. The molecule has 0 aromatic heterocycles. The normalized spacial score (nSPS) is 39.7. The molecule has 4 aliphatic heterocycles. The van der Waals surface area contributed by atoms with Gasteiger partial charge in [-0.15, -0.1) is 0 Å². The molecule has 5 nitrogen and oxygen atoms in total. The lowest BCUT2D eigenvalue weighted by atomic mass is 10.2. The topological polar surface area (TPSA) is 50.8 Å². The van der Waals surface area contributed by atoms with E-state index in [0.717, 1.165) is 25.9 Å². The number of morpholine rings is 2. The molecule has 4 heterocycles. The molecule has 4 unspecified atom stereocenters. The Hall–Kier alpha value is -0.360. The fraction of sp³-hybridized carbons (Fsp3) is 0.923. The molecule has 4 fully saturated rings. The predicted octanol–water partition coefficient (Wildman–Crippen LogP) is 1.35. The van der Waals surface area contributed by atoms with Crippen LogP contribution in [0, 0.1) is 0 Å². The Labute approximate surface area is 118 Å². The molecule has 4 saturated heterocycles. The van der Waals surface area contributed by atoms with Crippen molar-refractivity contribution in [2.24, 2.45) is 0 Å². The van der Waals surface area contributed by atoms with Crippen LogP contribution in [-0.2, 0) is 9.47 Å². The number of ether oxygens (including phenoxy) is 2. The summed E-state index contributed by atoms with van der Waals surface area (Å²) in [5, 5.41) is 2.98. The number of nitrogens with one attached hydrogen (secondary N) is 1. The molecule has 4 aliphatic rings. The highest BCUT2D eigenvalue weighted by molar-refractivity contribution is 6.62. The monoisotopic (exact) mass is 288 g/mol. The van der Waals surface area contributed by atoms with E-state index in [-0.39, 0.29) is 17.6 Å². The molecule has 0 spiro atoms. The number of hydrogen-bond acceptors (Lipinski definition) is 4. The molecule has 108 valence electrons. The molecule has 19 heavy (non-hydrogen) atoms. The van der Waals surface area contributed by atoms with E-state index in [2.05, 4.69) is 5.32 Å². The Balaban J connectivity index is 0.000000122. The Morgan fingerprint density at radius 3 is 1.89 bits per heavy atom. The van der Waals surface area contributed by atoms with E-state index < -0.39 is 0 Å². The molecule has 0 radical (unpaired) electrons. The first kappa shape index (κ1) is 13.6.